The molecule has 1 N–H and O–H groups in total. The van der Waals surface area contributed by atoms with Crippen molar-refractivity contribution in [3.8, 4) is 0 Å². The van der Waals surface area contributed by atoms with Crippen molar-refractivity contribution >= 4 is 28.3 Å². The maximum atomic E-state index is 12.6. The van der Waals surface area contributed by atoms with Gasteiger partial charge < -0.3 is 9.88 Å². The van der Waals surface area contributed by atoms with Crippen molar-refractivity contribution < 1.29 is 4.79 Å². The Morgan fingerprint density at radius 2 is 1.96 bits per heavy atom. The number of piperidine rings is 1. The number of likely N-dealkylation sites (tertiary alicyclic amines) is 1. The van der Waals surface area contributed by atoms with E-state index in [1.807, 2.05) is 52.1 Å². The number of carbonyl (C=O) groups is 1. The Bertz CT molecular complexity index is 944. The summed E-state index contributed by atoms with van der Waals surface area (Å²) < 4.78 is 1.85. The third-order valence-corrected chi connectivity index (χ3v) is 5.80. The van der Waals surface area contributed by atoms with Gasteiger partial charge in [-0.15, -0.1) is 11.3 Å². The van der Waals surface area contributed by atoms with Gasteiger partial charge in [0.1, 0.15) is 0 Å². The average Bonchev–Trinajstić information content (AvgIpc) is 3.16. The number of rotatable bonds is 2. The van der Waals surface area contributed by atoms with Crippen molar-refractivity contribution in [2.24, 2.45) is 0 Å². The van der Waals surface area contributed by atoms with Gasteiger partial charge in [0, 0.05) is 19.1 Å². The number of para-hydroxylation sites is 2. The van der Waals surface area contributed by atoms with Crippen LogP contribution in [0.5, 0.6) is 0 Å². The quantitative estimate of drug-likeness (QED) is 0.778. The number of aryl methyl sites for hydroxylation is 1. The van der Waals surface area contributed by atoms with Crippen molar-refractivity contribution in [1.82, 2.24) is 14.5 Å². The van der Waals surface area contributed by atoms with Crippen LogP contribution in [-0.4, -0.2) is 33.4 Å². The highest BCUT2D eigenvalue weighted by atomic mass is 32.1. The molecule has 0 unspecified atom stereocenters. The zero-order valence-electron chi connectivity index (χ0n) is 13.5. The van der Waals surface area contributed by atoms with E-state index in [2.05, 4.69) is 4.98 Å². The first-order valence-electron chi connectivity index (χ1n) is 8.18. The number of amides is 1. The molecule has 1 aromatic carbocycles. The molecule has 0 aliphatic carbocycles. The molecule has 1 saturated heterocycles. The van der Waals surface area contributed by atoms with Gasteiger partial charge in [0.05, 0.1) is 15.9 Å². The summed E-state index contributed by atoms with van der Waals surface area (Å²) in [6, 6.07) is 9.89. The molecule has 4 rings (SSSR count). The predicted octanol–water partition coefficient (Wildman–Crippen LogP) is 3.18. The van der Waals surface area contributed by atoms with Crippen LogP contribution in [0.3, 0.4) is 0 Å². The lowest BCUT2D eigenvalue weighted by Gasteiger charge is -2.32. The van der Waals surface area contributed by atoms with Crippen molar-refractivity contribution in [2.75, 3.05) is 13.1 Å². The molecule has 24 heavy (non-hydrogen) atoms. The molecule has 0 radical (unpaired) electrons. The first kappa shape index (κ1) is 15.2. The number of H-pyrrole nitrogens is 1. The number of nitrogens with one attached hydrogen (secondary N) is 1. The number of nitrogens with zero attached hydrogens (tertiary/aromatic N) is 2. The van der Waals surface area contributed by atoms with E-state index < -0.39 is 0 Å². The fraction of sp³-hybridized carbons (Fsp3) is 0.333. The highest BCUT2D eigenvalue weighted by Crippen LogP contribution is 2.27. The second-order valence-electron chi connectivity index (χ2n) is 6.27. The average molecular weight is 341 g/mol. The van der Waals surface area contributed by atoms with Crippen LogP contribution in [-0.2, 0) is 0 Å². The Morgan fingerprint density at radius 3 is 2.67 bits per heavy atom. The minimum Gasteiger partial charge on any atom is -0.338 e. The molecular formula is C18H19N3O2S. The van der Waals surface area contributed by atoms with Crippen LogP contribution in [0.2, 0.25) is 0 Å². The molecule has 3 aromatic rings. The van der Waals surface area contributed by atoms with Gasteiger partial charge in [0.25, 0.3) is 5.91 Å². The Labute approximate surface area is 143 Å². The van der Waals surface area contributed by atoms with E-state index >= 15 is 0 Å². The van der Waals surface area contributed by atoms with Crippen molar-refractivity contribution in [3.63, 3.8) is 0 Å². The highest BCUT2D eigenvalue weighted by Gasteiger charge is 2.27. The molecule has 3 heterocycles. The maximum absolute atomic E-state index is 12.6. The number of hydrogen-bond acceptors (Lipinski definition) is 3. The van der Waals surface area contributed by atoms with E-state index in [1.165, 1.54) is 11.3 Å². The smallest absolute Gasteiger partial charge is 0.326 e. The van der Waals surface area contributed by atoms with Crippen molar-refractivity contribution in [1.29, 1.82) is 0 Å². The zero-order chi connectivity index (χ0) is 16.7. The largest absolute Gasteiger partial charge is 0.338 e. The Hall–Kier alpha value is -2.34. The summed E-state index contributed by atoms with van der Waals surface area (Å²) in [7, 11) is 0. The highest BCUT2D eigenvalue weighted by molar-refractivity contribution is 7.12. The number of benzene rings is 1. The SMILES string of the molecule is Cc1ccsc1C(=O)N1CCC(n2c(=O)[nH]c3ccccc32)CC1. The van der Waals surface area contributed by atoms with Crippen LogP contribution in [0.1, 0.15) is 34.1 Å². The third kappa shape index (κ3) is 2.47. The van der Waals surface area contributed by atoms with Crippen LogP contribution in [0.15, 0.2) is 40.5 Å². The summed E-state index contributed by atoms with van der Waals surface area (Å²) in [6.45, 7) is 3.35. The summed E-state index contributed by atoms with van der Waals surface area (Å²) in [4.78, 5) is 30.6. The second-order valence-corrected chi connectivity index (χ2v) is 7.19. The Kier molecular flexibility index (Phi) is 3.76. The number of hydrogen-bond donors (Lipinski definition) is 1. The number of aromatic nitrogens is 2. The fourth-order valence-electron chi connectivity index (χ4n) is 3.50. The van der Waals surface area contributed by atoms with Gasteiger partial charge >= 0.3 is 5.69 Å². The molecule has 124 valence electrons. The molecule has 0 atom stereocenters. The van der Waals surface area contributed by atoms with E-state index in [0.717, 1.165) is 34.3 Å². The van der Waals surface area contributed by atoms with E-state index in [-0.39, 0.29) is 17.6 Å². The normalized spacial score (nSPS) is 16.0. The monoisotopic (exact) mass is 341 g/mol. The van der Waals surface area contributed by atoms with Crippen molar-refractivity contribution in [2.45, 2.75) is 25.8 Å². The molecule has 2 aromatic heterocycles. The van der Waals surface area contributed by atoms with Crippen LogP contribution in [0, 0.1) is 6.92 Å². The molecule has 1 aliphatic heterocycles. The van der Waals surface area contributed by atoms with Gasteiger partial charge in [0.2, 0.25) is 0 Å². The Balaban J connectivity index is 1.54. The summed E-state index contributed by atoms with van der Waals surface area (Å²) in [5.41, 5.74) is 2.80. The standard InChI is InChI=1S/C18H19N3O2S/c1-12-8-11-24-16(12)17(22)20-9-6-13(7-10-20)21-15-5-3-2-4-14(15)19-18(21)23/h2-5,8,11,13H,6-7,9-10H2,1H3,(H,19,23). The van der Waals surface area contributed by atoms with Gasteiger partial charge in [-0.05, 0) is 48.9 Å². The summed E-state index contributed by atoms with van der Waals surface area (Å²) in [5.74, 6) is 0.118. The minimum atomic E-state index is -0.0601. The first-order valence-corrected chi connectivity index (χ1v) is 9.06. The van der Waals surface area contributed by atoms with E-state index in [1.54, 1.807) is 0 Å². The van der Waals surface area contributed by atoms with Gasteiger partial charge in [-0.1, -0.05) is 12.1 Å². The van der Waals surface area contributed by atoms with Crippen LogP contribution >= 0.6 is 11.3 Å². The zero-order valence-corrected chi connectivity index (χ0v) is 14.3. The fourth-order valence-corrected chi connectivity index (χ4v) is 4.39. The number of fused-ring (bicyclic) bond motifs is 1. The first-order chi connectivity index (χ1) is 11.6. The number of aromatic amines is 1. The third-order valence-electron chi connectivity index (χ3n) is 4.80. The van der Waals surface area contributed by atoms with Crippen molar-refractivity contribution in [3.05, 3.63) is 56.6 Å². The van der Waals surface area contributed by atoms with E-state index in [9.17, 15) is 9.59 Å². The van der Waals surface area contributed by atoms with E-state index in [4.69, 9.17) is 0 Å². The molecule has 1 fully saturated rings. The molecule has 6 heteroatoms. The molecule has 1 aliphatic rings. The van der Waals surface area contributed by atoms with Crippen LogP contribution < -0.4 is 5.69 Å². The number of carbonyl (C=O) groups excluding carboxylic acids is 1. The summed E-state index contributed by atoms with van der Waals surface area (Å²) in [5, 5.41) is 1.96. The maximum Gasteiger partial charge on any atom is 0.326 e. The summed E-state index contributed by atoms with van der Waals surface area (Å²) >= 11 is 1.50. The minimum absolute atomic E-state index is 0.0601. The number of thiophene rings is 1. The lowest BCUT2D eigenvalue weighted by molar-refractivity contribution is 0.0699. The molecular weight excluding hydrogens is 322 g/mol. The second kappa shape index (κ2) is 5.94. The molecule has 0 bridgehead atoms. The van der Waals surface area contributed by atoms with Gasteiger partial charge in [0.15, 0.2) is 0 Å². The lowest BCUT2D eigenvalue weighted by Crippen LogP contribution is -2.40. The Morgan fingerprint density at radius 1 is 1.21 bits per heavy atom. The van der Waals surface area contributed by atoms with Crippen LogP contribution in [0.4, 0.5) is 0 Å². The van der Waals surface area contributed by atoms with Gasteiger partial charge in [-0.25, -0.2) is 4.79 Å². The summed E-state index contributed by atoms with van der Waals surface area (Å²) in [6.07, 6.45) is 1.61. The molecule has 1 amide bonds. The number of imidazole rings is 1. The molecule has 0 saturated carbocycles. The predicted molar refractivity (Wildman–Crippen MR) is 95.8 cm³/mol. The van der Waals surface area contributed by atoms with Crippen LogP contribution in [0.25, 0.3) is 11.0 Å². The lowest BCUT2D eigenvalue weighted by atomic mass is 10.0. The van der Waals surface area contributed by atoms with E-state index in [0.29, 0.717) is 13.1 Å². The topological polar surface area (TPSA) is 58.1 Å². The molecule has 5 nitrogen and oxygen atoms in total. The van der Waals surface area contributed by atoms with Gasteiger partial charge in [-0.2, -0.15) is 0 Å². The van der Waals surface area contributed by atoms with Gasteiger partial charge in [-0.3, -0.25) is 9.36 Å². The molecule has 0 spiro atoms.